The molecule has 1 atom stereocenters. The number of hydrogen-bond acceptors (Lipinski definition) is 3. The van der Waals surface area contributed by atoms with Crippen molar-refractivity contribution in [2.75, 3.05) is 32.9 Å². The quantitative estimate of drug-likeness (QED) is 0.440. The minimum Gasteiger partial charge on any atom is -0.494 e. The number of nitrogens with one attached hydrogen (secondary N) is 2. The molecule has 2 aromatic carbocycles. The van der Waals surface area contributed by atoms with Crippen molar-refractivity contribution in [3.8, 4) is 16.9 Å². The van der Waals surface area contributed by atoms with Crippen LogP contribution in [-0.2, 0) is 4.74 Å². The van der Waals surface area contributed by atoms with Crippen LogP contribution in [0, 0.1) is 0 Å². The van der Waals surface area contributed by atoms with E-state index >= 15 is 0 Å². The number of benzene rings is 2. The van der Waals surface area contributed by atoms with E-state index in [1.165, 1.54) is 0 Å². The topological polar surface area (TPSA) is 52.0 Å². The average Bonchev–Trinajstić information content (AvgIpc) is 2.78. The van der Waals surface area contributed by atoms with Gasteiger partial charge in [0.25, 0.3) is 9.70 Å². The lowest BCUT2D eigenvalue weighted by molar-refractivity contribution is -0.934. The molecule has 0 aliphatic carbocycles. The first-order valence-electron chi connectivity index (χ1n) is 10.5. The monoisotopic (exact) mass is 485 g/mol. The van der Waals surface area contributed by atoms with Gasteiger partial charge in [-0.25, -0.2) is 0 Å². The predicted octanol–water partition coefficient (Wildman–Crippen LogP) is 3.87. The summed E-state index contributed by atoms with van der Waals surface area (Å²) in [5.74, 6) is 0.582. The summed E-state index contributed by atoms with van der Waals surface area (Å²) < 4.78 is 9.45. The van der Waals surface area contributed by atoms with Gasteiger partial charge < -0.3 is 14.4 Å². The minimum absolute atomic E-state index is 0.276. The van der Waals surface area contributed by atoms with Gasteiger partial charge in [-0.05, 0) is 41.8 Å². The fourth-order valence-corrected chi connectivity index (χ4v) is 4.07. The first-order valence-corrected chi connectivity index (χ1v) is 11.6. The van der Waals surface area contributed by atoms with Crippen LogP contribution in [0.3, 0.4) is 0 Å². The van der Waals surface area contributed by atoms with Crippen molar-refractivity contribution < 1.29 is 19.2 Å². The molecule has 5 nitrogen and oxygen atoms in total. The highest BCUT2D eigenvalue weighted by atomic mass is 35.6. The van der Waals surface area contributed by atoms with E-state index in [1.54, 1.807) is 12.1 Å². The van der Waals surface area contributed by atoms with Crippen LogP contribution in [0.5, 0.6) is 5.75 Å². The van der Waals surface area contributed by atoms with Crippen LogP contribution in [0.4, 0.5) is 0 Å². The van der Waals surface area contributed by atoms with Gasteiger partial charge in [0.15, 0.2) is 0 Å². The van der Waals surface area contributed by atoms with Gasteiger partial charge in [0, 0.05) is 5.56 Å². The second kappa shape index (κ2) is 11.4. The standard InChI is InChI=1S/C23H27Cl3N2O3/c1-2-3-14-31-20-10-8-18(9-11-20)17-4-6-19(7-5-17)21(29)27-22(23(24,25)26)28-12-15-30-16-13-28/h4-11,22H,2-3,12-16H2,1H3,(H,27,29)/p+1/t22-/m1/s1. The summed E-state index contributed by atoms with van der Waals surface area (Å²) in [4.78, 5) is 13.8. The Morgan fingerprint density at radius 1 is 1.06 bits per heavy atom. The molecule has 1 fully saturated rings. The summed E-state index contributed by atoms with van der Waals surface area (Å²) in [6.07, 6.45) is 1.49. The molecule has 0 spiro atoms. The smallest absolute Gasteiger partial charge is 0.262 e. The third kappa shape index (κ3) is 6.99. The lowest BCUT2D eigenvalue weighted by Gasteiger charge is -2.35. The maximum atomic E-state index is 12.8. The Morgan fingerprint density at radius 3 is 2.19 bits per heavy atom. The van der Waals surface area contributed by atoms with Gasteiger partial charge in [-0.15, -0.1) is 0 Å². The first kappa shape index (κ1) is 24.1. The molecular formula is C23H28Cl3N2O3+. The molecule has 1 aliphatic heterocycles. The number of carbonyl (C=O) groups is 1. The fourth-order valence-electron chi connectivity index (χ4n) is 3.44. The zero-order valence-electron chi connectivity index (χ0n) is 17.5. The van der Waals surface area contributed by atoms with Gasteiger partial charge in [-0.2, -0.15) is 0 Å². The predicted molar refractivity (Wildman–Crippen MR) is 125 cm³/mol. The van der Waals surface area contributed by atoms with Crippen LogP contribution >= 0.6 is 34.8 Å². The number of carbonyl (C=O) groups excluding carboxylic acids is 1. The van der Waals surface area contributed by atoms with Crippen LogP contribution < -0.4 is 15.0 Å². The molecule has 0 unspecified atom stereocenters. The summed E-state index contributed by atoms with van der Waals surface area (Å²) in [6.45, 7) is 5.32. The van der Waals surface area contributed by atoms with Crippen molar-refractivity contribution in [3.05, 3.63) is 54.1 Å². The normalized spacial score (nSPS) is 16.0. The molecule has 0 bridgehead atoms. The number of hydrogen-bond donors (Lipinski definition) is 2. The van der Waals surface area contributed by atoms with Gasteiger partial charge in [-0.1, -0.05) is 72.4 Å². The van der Waals surface area contributed by atoms with Crippen molar-refractivity contribution in [2.45, 2.75) is 29.7 Å². The van der Waals surface area contributed by atoms with Crippen molar-refractivity contribution >= 4 is 40.7 Å². The second-order valence-electron chi connectivity index (χ2n) is 7.52. The molecular weight excluding hydrogens is 459 g/mol. The van der Waals surface area contributed by atoms with Crippen molar-refractivity contribution in [3.63, 3.8) is 0 Å². The number of halogens is 3. The van der Waals surface area contributed by atoms with Crippen LogP contribution in [0.2, 0.25) is 0 Å². The van der Waals surface area contributed by atoms with Crippen LogP contribution in [0.25, 0.3) is 11.1 Å². The van der Waals surface area contributed by atoms with Crippen LogP contribution in [0.15, 0.2) is 48.5 Å². The number of morpholine rings is 1. The molecule has 1 amide bonds. The lowest BCUT2D eigenvalue weighted by Crippen LogP contribution is -3.21. The Balaban J connectivity index is 1.65. The molecule has 0 aromatic heterocycles. The lowest BCUT2D eigenvalue weighted by atomic mass is 10.0. The zero-order chi connectivity index (χ0) is 22.3. The number of alkyl halides is 3. The summed E-state index contributed by atoms with van der Waals surface area (Å²) in [7, 11) is 0. The van der Waals surface area contributed by atoms with Gasteiger partial charge in [-0.3, -0.25) is 10.1 Å². The van der Waals surface area contributed by atoms with E-state index in [2.05, 4.69) is 12.2 Å². The van der Waals surface area contributed by atoms with Crippen LogP contribution in [-0.4, -0.2) is 48.8 Å². The molecule has 3 rings (SSSR count). The fraction of sp³-hybridized carbons (Fsp3) is 0.435. The van der Waals surface area contributed by atoms with Crippen molar-refractivity contribution in [2.24, 2.45) is 0 Å². The van der Waals surface area contributed by atoms with E-state index in [0.29, 0.717) is 31.9 Å². The number of ether oxygens (including phenoxy) is 2. The van der Waals surface area contributed by atoms with E-state index < -0.39 is 9.96 Å². The van der Waals surface area contributed by atoms with Crippen LogP contribution in [0.1, 0.15) is 30.1 Å². The third-order valence-corrected chi connectivity index (χ3v) is 5.90. The van der Waals surface area contributed by atoms with Crippen molar-refractivity contribution in [1.29, 1.82) is 0 Å². The third-order valence-electron chi connectivity index (χ3n) is 5.25. The van der Waals surface area contributed by atoms with E-state index in [9.17, 15) is 4.79 Å². The largest absolute Gasteiger partial charge is 0.494 e. The number of quaternary nitrogens is 1. The molecule has 1 saturated heterocycles. The van der Waals surface area contributed by atoms with Gasteiger partial charge in [0.2, 0.25) is 6.17 Å². The SMILES string of the molecule is CCCCOc1ccc(-c2ccc(C(=O)N[C@H]([NH+]3CCOCC3)C(Cl)(Cl)Cl)cc2)cc1. The van der Waals surface area contributed by atoms with Gasteiger partial charge in [0.05, 0.1) is 19.8 Å². The Kier molecular flexibility index (Phi) is 8.87. The summed E-state index contributed by atoms with van der Waals surface area (Å²) in [6, 6.07) is 15.3. The molecule has 1 heterocycles. The average molecular weight is 487 g/mol. The maximum absolute atomic E-state index is 12.8. The van der Waals surface area contributed by atoms with E-state index in [0.717, 1.165) is 41.2 Å². The van der Waals surface area contributed by atoms with E-state index in [-0.39, 0.29) is 5.91 Å². The zero-order valence-corrected chi connectivity index (χ0v) is 19.8. The summed E-state index contributed by atoms with van der Waals surface area (Å²) in [5.41, 5.74) is 2.57. The summed E-state index contributed by atoms with van der Waals surface area (Å²) >= 11 is 18.5. The molecule has 1 aliphatic rings. The molecule has 31 heavy (non-hydrogen) atoms. The second-order valence-corrected chi connectivity index (χ2v) is 9.89. The Bertz CT molecular complexity index is 833. The summed E-state index contributed by atoms with van der Waals surface area (Å²) in [5, 5.41) is 2.89. The highest BCUT2D eigenvalue weighted by Crippen LogP contribution is 2.28. The molecule has 0 saturated carbocycles. The van der Waals surface area contributed by atoms with Gasteiger partial charge >= 0.3 is 0 Å². The van der Waals surface area contributed by atoms with E-state index in [1.807, 2.05) is 36.4 Å². The number of rotatable bonds is 8. The Hall–Kier alpha value is -1.50. The van der Waals surface area contributed by atoms with Gasteiger partial charge in [0.1, 0.15) is 18.8 Å². The molecule has 8 heteroatoms. The number of amides is 1. The molecule has 2 N–H and O–H groups in total. The highest BCUT2D eigenvalue weighted by Gasteiger charge is 2.42. The maximum Gasteiger partial charge on any atom is 0.262 e. The molecule has 2 aromatic rings. The Labute approximate surface area is 198 Å². The molecule has 168 valence electrons. The molecule has 0 radical (unpaired) electrons. The van der Waals surface area contributed by atoms with Crippen molar-refractivity contribution in [1.82, 2.24) is 5.32 Å². The van der Waals surface area contributed by atoms with E-state index in [4.69, 9.17) is 44.3 Å². The minimum atomic E-state index is -1.62. The first-order chi connectivity index (χ1) is 14.9. The number of unbranched alkanes of at least 4 members (excludes halogenated alkanes) is 1. The Morgan fingerprint density at radius 2 is 1.65 bits per heavy atom. The highest BCUT2D eigenvalue weighted by molar-refractivity contribution is 6.68.